The van der Waals surface area contributed by atoms with Crippen LogP contribution in [0.4, 0.5) is 4.79 Å². The van der Waals surface area contributed by atoms with Gasteiger partial charge in [-0.05, 0) is 17.4 Å². The Kier molecular flexibility index (Phi) is 5.38. The van der Waals surface area contributed by atoms with Crippen LogP contribution in [0, 0.1) is 5.92 Å². The summed E-state index contributed by atoms with van der Waals surface area (Å²) < 4.78 is 0. The number of piperazine rings is 1. The molecule has 2 aliphatic heterocycles. The van der Waals surface area contributed by atoms with Crippen molar-refractivity contribution in [1.82, 2.24) is 14.7 Å². The standard InChI is InChI=1S/C17H22N4O4S/c1-12(2)10-20-15(23)16(24)21(17(20)25)11-18-5-7-19(8-6-18)14(22)13-4-3-9-26-13/h3-4,9,12H,5-8,10-11H2,1-2H3/p+1. The average molecular weight is 379 g/mol. The lowest BCUT2D eigenvalue weighted by Gasteiger charge is -2.33. The van der Waals surface area contributed by atoms with Crippen molar-refractivity contribution < 1.29 is 24.1 Å². The summed E-state index contributed by atoms with van der Waals surface area (Å²) in [6.45, 7) is 6.58. The van der Waals surface area contributed by atoms with Crippen LogP contribution in [0.15, 0.2) is 17.5 Å². The molecule has 3 heterocycles. The quantitative estimate of drug-likeness (QED) is 0.552. The zero-order valence-corrected chi connectivity index (χ0v) is 15.8. The number of imide groups is 2. The van der Waals surface area contributed by atoms with Crippen molar-refractivity contribution in [3.05, 3.63) is 22.4 Å². The van der Waals surface area contributed by atoms with Gasteiger partial charge in [0.1, 0.15) is 0 Å². The summed E-state index contributed by atoms with van der Waals surface area (Å²) in [5.74, 6) is -1.37. The van der Waals surface area contributed by atoms with Crippen LogP contribution >= 0.6 is 11.3 Å². The molecular formula is C17H23N4O4S+. The van der Waals surface area contributed by atoms with Gasteiger partial charge in [-0.25, -0.2) is 9.69 Å². The fourth-order valence-electron chi connectivity index (χ4n) is 3.18. The van der Waals surface area contributed by atoms with E-state index in [1.54, 1.807) is 4.90 Å². The Hall–Kier alpha value is -2.26. The molecule has 8 nitrogen and oxygen atoms in total. The second-order valence-electron chi connectivity index (χ2n) is 7.00. The number of carbonyl (C=O) groups is 4. The number of carbonyl (C=O) groups excluding carboxylic acids is 4. The SMILES string of the molecule is CC(C)CN1C(=O)C(=O)N(C[NH+]2CCN(C(=O)c3cccs3)CC2)C1=O. The molecular weight excluding hydrogens is 356 g/mol. The molecule has 26 heavy (non-hydrogen) atoms. The van der Waals surface area contributed by atoms with Crippen LogP contribution in [0.3, 0.4) is 0 Å². The zero-order valence-electron chi connectivity index (χ0n) is 14.9. The van der Waals surface area contributed by atoms with Gasteiger partial charge in [-0.2, -0.15) is 0 Å². The minimum absolute atomic E-state index is 0.0191. The molecule has 9 heteroatoms. The van der Waals surface area contributed by atoms with Gasteiger partial charge in [-0.15, -0.1) is 11.3 Å². The number of quaternary nitrogens is 1. The van der Waals surface area contributed by atoms with Crippen LogP contribution < -0.4 is 4.90 Å². The summed E-state index contributed by atoms with van der Waals surface area (Å²) in [5, 5.41) is 1.87. The first-order valence-corrected chi connectivity index (χ1v) is 9.60. The zero-order chi connectivity index (χ0) is 18.8. The lowest BCUT2D eigenvalue weighted by Crippen LogP contribution is -3.16. The Labute approximate surface area is 155 Å². The Morgan fingerprint density at radius 1 is 1.15 bits per heavy atom. The smallest absolute Gasteiger partial charge is 0.327 e. The van der Waals surface area contributed by atoms with E-state index in [1.165, 1.54) is 11.3 Å². The first-order chi connectivity index (χ1) is 12.4. The number of urea groups is 1. The molecule has 0 aliphatic carbocycles. The van der Waals surface area contributed by atoms with Crippen LogP contribution in [0.1, 0.15) is 23.5 Å². The summed E-state index contributed by atoms with van der Waals surface area (Å²) in [6.07, 6.45) is 0. The van der Waals surface area contributed by atoms with Crippen molar-refractivity contribution in [1.29, 1.82) is 0 Å². The lowest BCUT2D eigenvalue weighted by atomic mass is 10.2. The van der Waals surface area contributed by atoms with E-state index in [0.717, 1.165) is 14.7 Å². The highest BCUT2D eigenvalue weighted by Gasteiger charge is 2.46. The third-order valence-corrected chi connectivity index (χ3v) is 5.41. The molecule has 0 saturated carbocycles. The molecule has 0 atom stereocenters. The first-order valence-electron chi connectivity index (χ1n) is 8.72. The third kappa shape index (κ3) is 3.63. The molecule has 140 valence electrons. The van der Waals surface area contributed by atoms with Crippen LogP contribution in [0.2, 0.25) is 0 Å². The largest absolute Gasteiger partial charge is 0.338 e. The summed E-state index contributed by atoms with van der Waals surface area (Å²) >= 11 is 1.42. The lowest BCUT2D eigenvalue weighted by molar-refractivity contribution is -0.911. The minimum atomic E-state index is -0.750. The van der Waals surface area contributed by atoms with Crippen molar-refractivity contribution >= 4 is 35.1 Å². The molecule has 1 aromatic heterocycles. The van der Waals surface area contributed by atoms with Gasteiger partial charge in [0.2, 0.25) is 0 Å². The molecule has 0 radical (unpaired) electrons. The van der Waals surface area contributed by atoms with Crippen molar-refractivity contribution in [2.75, 3.05) is 39.4 Å². The normalized spacial score (nSPS) is 19.2. The predicted octanol–water partition coefficient (Wildman–Crippen LogP) is -0.507. The van der Waals surface area contributed by atoms with Crippen molar-refractivity contribution in [3.63, 3.8) is 0 Å². The van der Waals surface area contributed by atoms with Gasteiger partial charge in [-0.1, -0.05) is 19.9 Å². The van der Waals surface area contributed by atoms with Crippen LogP contribution in [0.5, 0.6) is 0 Å². The van der Waals surface area contributed by atoms with Crippen molar-refractivity contribution in [2.24, 2.45) is 5.92 Å². The van der Waals surface area contributed by atoms with E-state index in [9.17, 15) is 19.2 Å². The molecule has 0 spiro atoms. The Morgan fingerprint density at radius 3 is 2.38 bits per heavy atom. The highest BCUT2D eigenvalue weighted by Crippen LogP contribution is 2.14. The topological polar surface area (TPSA) is 82.4 Å². The number of hydrogen-bond donors (Lipinski definition) is 1. The highest BCUT2D eigenvalue weighted by atomic mass is 32.1. The van der Waals surface area contributed by atoms with E-state index in [-0.39, 0.29) is 25.0 Å². The number of amides is 5. The third-order valence-electron chi connectivity index (χ3n) is 4.55. The van der Waals surface area contributed by atoms with Crippen LogP contribution in [-0.2, 0) is 9.59 Å². The molecule has 0 bridgehead atoms. The summed E-state index contributed by atoms with van der Waals surface area (Å²) in [6, 6.07) is 3.13. The van der Waals surface area contributed by atoms with Gasteiger partial charge < -0.3 is 9.80 Å². The number of thiophene rings is 1. The molecule has 2 fully saturated rings. The first kappa shape index (κ1) is 18.5. The molecule has 1 N–H and O–H groups in total. The molecule has 2 saturated heterocycles. The van der Waals surface area contributed by atoms with E-state index in [4.69, 9.17) is 0 Å². The maximum absolute atomic E-state index is 12.4. The van der Waals surface area contributed by atoms with E-state index >= 15 is 0 Å². The van der Waals surface area contributed by atoms with Gasteiger partial charge in [0.25, 0.3) is 5.91 Å². The Morgan fingerprint density at radius 2 is 1.81 bits per heavy atom. The fourth-order valence-corrected chi connectivity index (χ4v) is 3.87. The van der Waals surface area contributed by atoms with Gasteiger partial charge in [-0.3, -0.25) is 19.3 Å². The second kappa shape index (κ2) is 7.55. The highest BCUT2D eigenvalue weighted by molar-refractivity contribution is 7.12. The summed E-state index contributed by atoms with van der Waals surface area (Å²) in [4.78, 5) is 54.5. The van der Waals surface area contributed by atoms with Gasteiger partial charge in [0.05, 0.1) is 31.1 Å². The monoisotopic (exact) mass is 379 g/mol. The molecule has 5 amide bonds. The fraction of sp³-hybridized carbons (Fsp3) is 0.529. The number of hydrogen-bond acceptors (Lipinski definition) is 5. The van der Waals surface area contributed by atoms with Crippen molar-refractivity contribution in [2.45, 2.75) is 13.8 Å². The maximum Gasteiger partial charge on any atom is 0.338 e. The molecule has 0 aromatic carbocycles. The minimum Gasteiger partial charge on any atom is -0.327 e. The summed E-state index contributed by atoms with van der Waals surface area (Å²) in [5.41, 5.74) is 0. The predicted molar refractivity (Wildman–Crippen MR) is 94.6 cm³/mol. The van der Waals surface area contributed by atoms with Gasteiger partial charge >= 0.3 is 17.8 Å². The molecule has 2 aliphatic rings. The van der Waals surface area contributed by atoms with Crippen LogP contribution in [-0.4, -0.2) is 77.8 Å². The van der Waals surface area contributed by atoms with Crippen molar-refractivity contribution in [3.8, 4) is 0 Å². The van der Waals surface area contributed by atoms with Gasteiger partial charge in [0.15, 0.2) is 6.67 Å². The van der Waals surface area contributed by atoms with Crippen LogP contribution in [0.25, 0.3) is 0 Å². The Balaban J connectivity index is 1.56. The summed E-state index contributed by atoms with van der Waals surface area (Å²) in [7, 11) is 0. The van der Waals surface area contributed by atoms with E-state index in [1.807, 2.05) is 31.4 Å². The van der Waals surface area contributed by atoms with E-state index in [2.05, 4.69) is 0 Å². The molecule has 0 unspecified atom stereocenters. The van der Waals surface area contributed by atoms with E-state index < -0.39 is 17.8 Å². The van der Waals surface area contributed by atoms with E-state index in [0.29, 0.717) is 31.1 Å². The average Bonchev–Trinajstić information content (AvgIpc) is 3.22. The number of nitrogens with zero attached hydrogens (tertiary/aromatic N) is 3. The number of rotatable bonds is 5. The molecule has 3 rings (SSSR count). The second-order valence-corrected chi connectivity index (χ2v) is 7.95. The maximum atomic E-state index is 12.4. The molecule has 1 aromatic rings. The van der Waals surface area contributed by atoms with Gasteiger partial charge in [0, 0.05) is 6.54 Å². The number of nitrogens with one attached hydrogen (secondary N) is 1. The Bertz CT molecular complexity index is 710.